The molecule has 0 aliphatic rings. The number of hydrogen-bond acceptors (Lipinski definition) is 7. The molecule has 0 radical (unpaired) electrons. The summed E-state index contributed by atoms with van der Waals surface area (Å²) in [6.45, 7) is 1.46. The van der Waals surface area contributed by atoms with Gasteiger partial charge in [0.05, 0.1) is 26.5 Å². The first-order valence-corrected chi connectivity index (χ1v) is 11.1. The summed E-state index contributed by atoms with van der Waals surface area (Å²) in [4.78, 5) is 28.6. The molecule has 152 valence electrons. The number of benzene rings is 2. The molecule has 1 heterocycles. The maximum Gasteiger partial charge on any atom is 0.306 e. The molecule has 29 heavy (non-hydrogen) atoms. The minimum Gasteiger partial charge on any atom is -0.453 e. The number of nitrogens with two attached hydrogens (primary N) is 1. The van der Waals surface area contributed by atoms with Crippen molar-refractivity contribution in [2.45, 2.75) is 30.8 Å². The van der Waals surface area contributed by atoms with Crippen molar-refractivity contribution >= 4 is 49.1 Å². The number of para-hydroxylation sites is 1. The number of amides is 1. The van der Waals surface area contributed by atoms with Crippen molar-refractivity contribution in [2.24, 2.45) is 5.14 Å². The zero-order valence-electron chi connectivity index (χ0n) is 15.5. The predicted octanol–water partition coefficient (Wildman–Crippen LogP) is 2.45. The number of fused-ring (bicyclic) bond motifs is 1. The molecule has 0 aliphatic carbocycles. The Labute approximate surface area is 171 Å². The number of nitrogens with one attached hydrogen (secondary N) is 1. The third-order valence-corrected chi connectivity index (χ3v) is 6.03. The minimum atomic E-state index is -3.80. The van der Waals surface area contributed by atoms with E-state index in [2.05, 4.69) is 10.3 Å². The van der Waals surface area contributed by atoms with E-state index in [0.717, 1.165) is 15.2 Å². The number of carbonyl (C=O) groups excluding carboxylic acids is 2. The summed E-state index contributed by atoms with van der Waals surface area (Å²) in [6, 6.07) is 13.1. The predicted molar refractivity (Wildman–Crippen MR) is 110 cm³/mol. The van der Waals surface area contributed by atoms with Gasteiger partial charge in [-0.1, -0.05) is 12.1 Å². The third kappa shape index (κ3) is 5.59. The Hall–Kier alpha value is -2.82. The van der Waals surface area contributed by atoms with Crippen molar-refractivity contribution in [1.29, 1.82) is 0 Å². The molecule has 0 saturated carbocycles. The van der Waals surface area contributed by atoms with Crippen LogP contribution in [-0.4, -0.2) is 31.4 Å². The van der Waals surface area contributed by atoms with E-state index in [-0.39, 0.29) is 11.3 Å². The number of ether oxygens (including phenoxy) is 1. The summed E-state index contributed by atoms with van der Waals surface area (Å²) in [6.07, 6.45) is -0.460. The highest BCUT2D eigenvalue weighted by Gasteiger charge is 2.18. The van der Waals surface area contributed by atoms with Crippen molar-refractivity contribution in [3.8, 4) is 0 Å². The molecule has 3 rings (SSSR count). The second-order valence-electron chi connectivity index (χ2n) is 6.27. The smallest absolute Gasteiger partial charge is 0.306 e. The average Bonchev–Trinajstić information content (AvgIpc) is 3.09. The number of hydrogen-bond donors (Lipinski definition) is 2. The summed E-state index contributed by atoms with van der Waals surface area (Å²) in [5.41, 5.74) is 1.25. The van der Waals surface area contributed by atoms with Crippen LogP contribution in [0.2, 0.25) is 0 Å². The normalized spacial score (nSPS) is 12.5. The number of thiazole rings is 1. The minimum absolute atomic E-state index is 0.0650. The fourth-order valence-electron chi connectivity index (χ4n) is 2.52. The molecule has 1 amide bonds. The Morgan fingerprint density at radius 3 is 2.52 bits per heavy atom. The molecule has 0 fully saturated rings. The number of aryl methyl sites for hydroxylation is 1. The van der Waals surface area contributed by atoms with E-state index in [1.165, 1.54) is 42.5 Å². The molecule has 0 aliphatic heterocycles. The lowest BCUT2D eigenvalue weighted by Crippen LogP contribution is -2.30. The summed E-state index contributed by atoms with van der Waals surface area (Å²) < 4.78 is 28.7. The molecule has 0 saturated heterocycles. The molecule has 2 aromatic carbocycles. The summed E-state index contributed by atoms with van der Waals surface area (Å²) in [5.74, 6) is -1.03. The van der Waals surface area contributed by atoms with E-state index in [0.29, 0.717) is 12.1 Å². The van der Waals surface area contributed by atoms with Crippen LogP contribution in [0.4, 0.5) is 5.69 Å². The highest BCUT2D eigenvalue weighted by Crippen LogP contribution is 2.22. The highest BCUT2D eigenvalue weighted by molar-refractivity contribution is 7.89. The van der Waals surface area contributed by atoms with E-state index in [9.17, 15) is 18.0 Å². The highest BCUT2D eigenvalue weighted by atomic mass is 32.2. The zero-order chi connectivity index (χ0) is 21.0. The Morgan fingerprint density at radius 2 is 1.86 bits per heavy atom. The number of nitrogens with zero attached hydrogens (tertiary/aromatic N) is 1. The lowest BCUT2D eigenvalue weighted by Gasteiger charge is -2.13. The van der Waals surface area contributed by atoms with Crippen molar-refractivity contribution in [1.82, 2.24) is 4.98 Å². The fraction of sp³-hybridized carbons (Fsp3) is 0.211. The Balaban J connectivity index is 1.50. The molecule has 10 heteroatoms. The van der Waals surface area contributed by atoms with Gasteiger partial charge in [0, 0.05) is 12.1 Å². The van der Waals surface area contributed by atoms with Gasteiger partial charge in [-0.15, -0.1) is 11.3 Å². The molecule has 1 atom stereocenters. The van der Waals surface area contributed by atoms with Crippen molar-refractivity contribution in [3.05, 3.63) is 53.5 Å². The van der Waals surface area contributed by atoms with Crippen LogP contribution < -0.4 is 10.5 Å². The number of primary sulfonamides is 1. The van der Waals surface area contributed by atoms with Crippen molar-refractivity contribution in [2.75, 3.05) is 5.32 Å². The molecule has 0 bridgehead atoms. The van der Waals surface area contributed by atoms with Gasteiger partial charge in [0.2, 0.25) is 10.0 Å². The number of esters is 1. The van der Waals surface area contributed by atoms with Crippen LogP contribution in [0.5, 0.6) is 0 Å². The molecule has 1 aromatic heterocycles. The SMILES string of the molecule is CC(OC(=O)CCc1nc2ccccc2s1)C(=O)Nc1ccc(S(N)(=O)=O)cc1. The first-order chi connectivity index (χ1) is 13.7. The topological polar surface area (TPSA) is 128 Å². The molecule has 1 unspecified atom stereocenters. The van der Waals surface area contributed by atoms with Gasteiger partial charge in [0.25, 0.3) is 5.91 Å². The lowest BCUT2D eigenvalue weighted by atomic mass is 10.3. The molecule has 0 spiro atoms. The largest absolute Gasteiger partial charge is 0.453 e. The van der Waals surface area contributed by atoms with Crippen LogP contribution in [0.25, 0.3) is 10.2 Å². The molecule has 3 N–H and O–H groups in total. The van der Waals surface area contributed by atoms with Crippen LogP contribution in [0.15, 0.2) is 53.4 Å². The Morgan fingerprint density at radius 1 is 1.17 bits per heavy atom. The fourth-order valence-corrected chi connectivity index (χ4v) is 4.00. The van der Waals surface area contributed by atoms with E-state index >= 15 is 0 Å². The maximum atomic E-state index is 12.2. The van der Waals surface area contributed by atoms with E-state index in [1.54, 1.807) is 0 Å². The second-order valence-corrected chi connectivity index (χ2v) is 8.94. The number of rotatable bonds is 7. The zero-order valence-corrected chi connectivity index (χ0v) is 17.1. The lowest BCUT2D eigenvalue weighted by molar-refractivity contribution is -0.153. The van der Waals surface area contributed by atoms with Gasteiger partial charge in [-0.3, -0.25) is 9.59 Å². The van der Waals surface area contributed by atoms with Gasteiger partial charge in [-0.2, -0.15) is 0 Å². The van der Waals surface area contributed by atoms with Crippen LogP contribution >= 0.6 is 11.3 Å². The van der Waals surface area contributed by atoms with Gasteiger partial charge in [-0.25, -0.2) is 18.5 Å². The number of aromatic nitrogens is 1. The van der Waals surface area contributed by atoms with Crippen LogP contribution in [0, 0.1) is 0 Å². The summed E-state index contributed by atoms with van der Waals surface area (Å²) in [5, 5.41) is 8.41. The van der Waals surface area contributed by atoms with Gasteiger partial charge in [0.15, 0.2) is 6.10 Å². The van der Waals surface area contributed by atoms with E-state index < -0.39 is 28.0 Å². The summed E-state index contributed by atoms with van der Waals surface area (Å²) in [7, 11) is -3.80. The Kier molecular flexibility index (Phi) is 6.26. The quantitative estimate of drug-likeness (QED) is 0.551. The first kappa shape index (κ1) is 20.9. The monoisotopic (exact) mass is 433 g/mol. The van der Waals surface area contributed by atoms with E-state index in [4.69, 9.17) is 9.88 Å². The van der Waals surface area contributed by atoms with Crippen molar-refractivity contribution < 1.29 is 22.7 Å². The van der Waals surface area contributed by atoms with Crippen LogP contribution in [0.3, 0.4) is 0 Å². The number of sulfonamides is 1. The molecular weight excluding hydrogens is 414 g/mol. The van der Waals surface area contributed by atoms with E-state index in [1.807, 2.05) is 24.3 Å². The maximum absolute atomic E-state index is 12.2. The van der Waals surface area contributed by atoms with Gasteiger partial charge >= 0.3 is 5.97 Å². The van der Waals surface area contributed by atoms with Gasteiger partial charge < -0.3 is 10.1 Å². The number of carbonyl (C=O) groups is 2. The molecule has 3 aromatic rings. The van der Waals surface area contributed by atoms with Crippen LogP contribution in [0.1, 0.15) is 18.4 Å². The van der Waals surface area contributed by atoms with Crippen LogP contribution in [-0.2, 0) is 30.8 Å². The number of anilines is 1. The first-order valence-electron chi connectivity index (χ1n) is 8.70. The van der Waals surface area contributed by atoms with Gasteiger partial charge in [-0.05, 0) is 43.3 Å². The van der Waals surface area contributed by atoms with Gasteiger partial charge in [0.1, 0.15) is 0 Å². The molecular formula is C19H19N3O5S2. The molecule has 8 nitrogen and oxygen atoms in total. The standard InChI is InChI=1S/C19H19N3O5S2/c1-12(19(24)21-13-6-8-14(9-7-13)29(20,25)26)27-18(23)11-10-17-22-15-4-2-3-5-16(15)28-17/h2-9,12H,10-11H2,1H3,(H,21,24)(H2,20,25,26). The Bertz CT molecular complexity index is 1110. The van der Waals surface area contributed by atoms with Crippen molar-refractivity contribution in [3.63, 3.8) is 0 Å². The summed E-state index contributed by atoms with van der Waals surface area (Å²) >= 11 is 1.52. The average molecular weight is 434 g/mol. The second kappa shape index (κ2) is 8.68. The third-order valence-electron chi connectivity index (χ3n) is 4.01.